The number of rotatable bonds is 5. The highest BCUT2D eigenvalue weighted by atomic mass is 19.2. The van der Waals surface area contributed by atoms with Gasteiger partial charge in [-0.2, -0.15) is 0 Å². The predicted molar refractivity (Wildman–Crippen MR) is 68.6 cm³/mol. The molecular weight excluding hydrogens is 234 g/mol. The fraction of sp³-hybridized carbons (Fsp3) is 0.500. The van der Waals surface area contributed by atoms with Gasteiger partial charge in [0.2, 0.25) is 0 Å². The van der Waals surface area contributed by atoms with Gasteiger partial charge in [-0.1, -0.05) is 26.7 Å². The normalized spacial score (nSPS) is 11.6. The lowest BCUT2D eigenvalue weighted by molar-refractivity contribution is 0.510. The molecule has 2 aromatic rings. The van der Waals surface area contributed by atoms with Crippen LogP contribution in [0.3, 0.4) is 0 Å². The Morgan fingerprint density at radius 3 is 2.33 bits per heavy atom. The number of imidazole rings is 1. The summed E-state index contributed by atoms with van der Waals surface area (Å²) in [5.41, 5.74) is 1.07. The Morgan fingerprint density at radius 2 is 1.72 bits per heavy atom. The van der Waals surface area contributed by atoms with Gasteiger partial charge in [0, 0.05) is 18.1 Å². The van der Waals surface area contributed by atoms with Crippen LogP contribution in [0.2, 0.25) is 0 Å². The molecule has 2 rings (SSSR count). The zero-order valence-electron chi connectivity index (χ0n) is 10.8. The van der Waals surface area contributed by atoms with Crippen molar-refractivity contribution in [3.8, 4) is 0 Å². The average Bonchev–Trinajstić information content (AvgIpc) is 2.72. The lowest BCUT2D eigenvalue weighted by Gasteiger charge is -2.11. The third-order valence-corrected chi connectivity index (χ3v) is 3.20. The third kappa shape index (κ3) is 2.52. The topological polar surface area (TPSA) is 28.7 Å². The second-order valence-corrected chi connectivity index (χ2v) is 4.68. The number of aromatic amines is 1. The molecule has 0 amide bonds. The first kappa shape index (κ1) is 13.0. The third-order valence-electron chi connectivity index (χ3n) is 3.20. The van der Waals surface area contributed by atoms with Crippen molar-refractivity contribution in [1.29, 1.82) is 0 Å². The minimum atomic E-state index is -0.844. The number of hydrogen-bond acceptors (Lipinski definition) is 1. The lowest BCUT2D eigenvalue weighted by Crippen LogP contribution is -2.00. The molecule has 1 aromatic carbocycles. The molecule has 0 saturated carbocycles. The molecule has 0 bridgehead atoms. The summed E-state index contributed by atoms with van der Waals surface area (Å²) in [6, 6.07) is 2.33. The van der Waals surface area contributed by atoms with Gasteiger partial charge in [0.05, 0.1) is 11.0 Å². The van der Waals surface area contributed by atoms with Gasteiger partial charge in [0.15, 0.2) is 11.6 Å². The quantitative estimate of drug-likeness (QED) is 0.832. The molecule has 0 atom stereocenters. The van der Waals surface area contributed by atoms with Crippen LogP contribution >= 0.6 is 0 Å². The van der Waals surface area contributed by atoms with E-state index < -0.39 is 11.6 Å². The van der Waals surface area contributed by atoms with Crippen molar-refractivity contribution in [1.82, 2.24) is 9.97 Å². The number of nitrogens with one attached hydrogen (secondary N) is 1. The fourth-order valence-corrected chi connectivity index (χ4v) is 2.33. The molecule has 0 fully saturated rings. The zero-order valence-corrected chi connectivity index (χ0v) is 10.8. The van der Waals surface area contributed by atoms with Gasteiger partial charge in [-0.05, 0) is 12.8 Å². The Hall–Kier alpha value is -1.45. The Morgan fingerprint density at radius 1 is 1.11 bits per heavy atom. The molecule has 1 N–H and O–H groups in total. The molecule has 0 aliphatic heterocycles. The van der Waals surface area contributed by atoms with Gasteiger partial charge in [-0.3, -0.25) is 0 Å². The Balaban J connectivity index is 2.38. The maximum atomic E-state index is 13.1. The number of H-pyrrole nitrogens is 1. The van der Waals surface area contributed by atoms with Crippen LogP contribution in [-0.2, 0) is 0 Å². The summed E-state index contributed by atoms with van der Waals surface area (Å²) >= 11 is 0. The van der Waals surface area contributed by atoms with Crippen molar-refractivity contribution in [2.24, 2.45) is 0 Å². The van der Waals surface area contributed by atoms with Gasteiger partial charge in [0.25, 0.3) is 0 Å². The van der Waals surface area contributed by atoms with E-state index in [-0.39, 0.29) is 0 Å². The highest BCUT2D eigenvalue weighted by Gasteiger charge is 2.15. The van der Waals surface area contributed by atoms with E-state index in [1.165, 1.54) is 6.07 Å². The summed E-state index contributed by atoms with van der Waals surface area (Å²) in [7, 11) is 0. The number of aromatic nitrogens is 2. The van der Waals surface area contributed by atoms with Gasteiger partial charge in [-0.25, -0.2) is 13.8 Å². The van der Waals surface area contributed by atoms with Crippen molar-refractivity contribution >= 4 is 11.0 Å². The van der Waals surface area contributed by atoms with E-state index in [9.17, 15) is 8.78 Å². The number of halogens is 2. The van der Waals surface area contributed by atoms with Crippen molar-refractivity contribution < 1.29 is 8.78 Å². The maximum absolute atomic E-state index is 13.1. The van der Waals surface area contributed by atoms with Gasteiger partial charge in [0.1, 0.15) is 5.82 Å². The Kier molecular flexibility index (Phi) is 3.94. The summed E-state index contributed by atoms with van der Waals surface area (Å²) in [6.45, 7) is 4.26. The van der Waals surface area contributed by atoms with E-state index in [4.69, 9.17) is 0 Å². The van der Waals surface area contributed by atoms with E-state index in [1.807, 2.05) is 0 Å². The van der Waals surface area contributed by atoms with Crippen molar-refractivity contribution in [3.63, 3.8) is 0 Å². The number of hydrogen-bond donors (Lipinski definition) is 1. The highest BCUT2D eigenvalue weighted by molar-refractivity contribution is 5.75. The van der Waals surface area contributed by atoms with Crippen molar-refractivity contribution in [2.75, 3.05) is 0 Å². The molecule has 2 nitrogen and oxygen atoms in total. The Labute approximate surface area is 105 Å². The van der Waals surface area contributed by atoms with Crippen LogP contribution in [0.15, 0.2) is 12.1 Å². The van der Waals surface area contributed by atoms with E-state index in [0.29, 0.717) is 17.0 Å². The summed E-state index contributed by atoms with van der Waals surface area (Å²) < 4.78 is 26.3. The van der Waals surface area contributed by atoms with E-state index in [1.54, 1.807) is 0 Å². The first-order valence-electron chi connectivity index (χ1n) is 6.50. The average molecular weight is 252 g/mol. The molecule has 0 spiro atoms. The van der Waals surface area contributed by atoms with E-state index >= 15 is 0 Å². The van der Waals surface area contributed by atoms with Crippen LogP contribution in [0.1, 0.15) is 51.3 Å². The molecule has 0 saturated heterocycles. The first-order chi connectivity index (χ1) is 8.65. The molecule has 98 valence electrons. The highest BCUT2D eigenvalue weighted by Crippen LogP contribution is 2.26. The summed E-state index contributed by atoms with van der Waals surface area (Å²) in [5.74, 6) is -0.486. The van der Waals surface area contributed by atoms with Crippen LogP contribution in [-0.4, -0.2) is 9.97 Å². The van der Waals surface area contributed by atoms with E-state index in [2.05, 4.69) is 23.8 Å². The van der Waals surface area contributed by atoms with Gasteiger partial charge >= 0.3 is 0 Å². The van der Waals surface area contributed by atoms with Crippen molar-refractivity contribution in [3.05, 3.63) is 29.6 Å². The lowest BCUT2D eigenvalue weighted by atomic mass is 9.98. The molecule has 18 heavy (non-hydrogen) atoms. The summed E-state index contributed by atoms with van der Waals surface area (Å²) in [5, 5.41) is 0. The van der Waals surface area contributed by atoms with Crippen LogP contribution < -0.4 is 0 Å². The standard InChI is InChI=1S/C14H18F2N2/c1-3-5-9(6-4-2)14-17-12-7-10(15)11(16)8-13(12)18-14/h7-9H,3-6H2,1-2H3,(H,17,18). The fourth-order valence-electron chi connectivity index (χ4n) is 2.33. The van der Waals surface area contributed by atoms with Crippen LogP contribution in [0.5, 0.6) is 0 Å². The van der Waals surface area contributed by atoms with Crippen LogP contribution in [0, 0.1) is 11.6 Å². The number of benzene rings is 1. The smallest absolute Gasteiger partial charge is 0.161 e. The largest absolute Gasteiger partial charge is 0.342 e. The molecule has 0 unspecified atom stereocenters. The molecule has 1 aromatic heterocycles. The molecule has 1 heterocycles. The first-order valence-corrected chi connectivity index (χ1v) is 6.50. The molecule has 4 heteroatoms. The summed E-state index contributed by atoms with van der Waals surface area (Å²) in [4.78, 5) is 7.51. The zero-order chi connectivity index (χ0) is 13.1. The summed E-state index contributed by atoms with van der Waals surface area (Å²) in [6.07, 6.45) is 4.23. The van der Waals surface area contributed by atoms with Crippen LogP contribution in [0.25, 0.3) is 11.0 Å². The maximum Gasteiger partial charge on any atom is 0.161 e. The molecule has 0 aliphatic rings. The predicted octanol–water partition coefficient (Wildman–Crippen LogP) is 4.52. The Bertz CT molecular complexity index is 489. The van der Waals surface area contributed by atoms with Gasteiger partial charge in [-0.15, -0.1) is 0 Å². The molecule has 0 aliphatic carbocycles. The number of fused-ring (bicyclic) bond motifs is 1. The number of nitrogens with zero attached hydrogens (tertiary/aromatic N) is 1. The second kappa shape index (κ2) is 5.46. The monoisotopic (exact) mass is 252 g/mol. The molecule has 0 radical (unpaired) electrons. The van der Waals surface area contributed by atoms with Crippen molar-refractivity contribution in [2.45, 2.75) is 45.4 Å². The minimum absolute atomic E-state index is 0.346. The van der Waals surface area contributed by atoms with Gasteiger partial charge < -0.3 is 4.98 Å². The second-order valence-electron chi connectivity index (χ2n) is 4.68. The SMILES string of the molecule is CCCC(CCC)c1nc2cc(F)c(F)cc2[nH]1. The van der Waals surface area contributed by atoms with Crippen LogP contribution in [0.4, 0.5) is 8.78 Å². The molecular formula is C14H18F2N2. The van der Waals surface area contributed by atoms with E-state index in [0.717, 1.165) is 37.6 Å². The minimum Gasteiger partial charge on any atom is -0.342 e.